The van der Waals surface area contributed by atoms with Crippen molar-refractivity contribution in [3.8, 4) is 0 Å². The Hall–Kier alpha value is -3.84. The van der Waals surface area contributed by atoms with E-state index in [1.165, 1.54) is 83.5 Å². The van der Waals surface area contributed by atoms with E-state index in [4.69, 9.17) is 23.7 Å². The molecule has 1 aliphatic heterocycles. The number of aliphatic carboxylic acids is 1. The maximum absolute atomic E-state index is 13.0. The van der Waals surface area contributed by atoms with Gasteiger partial charge in [0.15, 0.2) is 24.6 Å². The summed E-state index contributed by atoms with van der Waals surface area (Å²) >= 11 is 0. The predicted molar refractivity (Wildman–Crippen MR) is 285 cm³/mol. The van der Waals surface area contributed by atoms with Gasteiger partial charge in [0.25, 0.3) is 0 Å². The lowest BCUT2D eigenvalue weighted by Gasteiger charge is -2.40. The van der Waals surface area contributed by atoms with Gasteiger partial charge in [-0.15, -0.1) is 0 Å². The van der Waals surface area contributed by atoms with E-state index < -0.39 is 67.3 Å². The Morgan fingerprint density at radius 1 is 0.479 bits per heavy atom. The molecule has 1 fully saturated rings. The fraction of sp³-hybridized carbons (Fsp3) is 0.729. The number of carboxylic acids is 1. The van der Waals surface area contributed by atoms with Gasteiger partial charge in [0.2, 0.25) is 0 Å². The minimum Gasteiger partial charge on any atom is -0.479 e. The molecule has 0 radical (unpaired) electrons. The first-order valence-corrected chi connectivity index (χ1v) is 27.9. The zero-order valence-corrected chi connectivity index (χ0v) is 44.4. The molecule has 6 atom stereocenters. The molecule has 1 saturated heterocycles. The van der Waals surface area contributed by atoms with E-state index in [9.17, 15) is 34.5 Å². The van der Waals surface area contributed by atoms with Gasteiger partial charge in [-0.1, -0.05) is 222 Å². The molecule has 0 bridgehead atoms. The first kappa shape index (κ1) is 65.2. The molecule has 0 aromatic rings. The fourth-order valence-corrected chi connectivity index (χ4v) is 8.04. The predicted octanol–water partition coefficient (Wildman–Crippen LogP) is 13.8. The molecule has 12 heteroatoms. The highest BCUT2D eigenvalue weighted by molar-refractivity contribution is 5.74. The summed E-state index contributed by atoms with van der Waals surface area (Å²) in [5.74, 6) is -3.23. The van der Waals surface area contributed by atoms with Crippen LogP contribution in [0.1, 0.15) is 226 Å². The molecule has 0 aromatic heterocycles. The Kier molecular flexibility index (Phi) is 43.3. The van der Waals surface area contributed by atoms with Crippen LogP contribution in [0.5, 0.6) is 0 Å². The average molecular weight is 999 g/mol. The Bertz CT molecular complexity index is 1510. The van der Waals surface area contributed by atoms with Gasteiger partial charge >= 0.3 is 23.9 Å². The van der Waals surface area contributed by atoms with Crippen LogP contribution in [0.3, 0.4) is 0 Å². The number of ether oxygens (including phenoxy) is 5. The summed E-state index contributed by atoms with van der Waals surface area (Å²) in [5.41, 5.74) is 0. The summed E-state index contributed by atoms with van der Waals surface area (Å²) in [6.07, 6.45) is 46.2. The number of esters is 3. The van der Waals surface area contributed by atoms with E-state index in [0.717, 1.165) is 83.5 Å². The van der Waals surface area contributed by atoms with E-state index in [0.29, 0.717) is 19.3 Å². The monoisotopic (exact) mass is 999 g/mol. The highest BCUT2D eigenvalue weighted by Gasteiger charge is 2.50. The molecule has 1 rings (SSSR count). The first-order valence-electron chi connectivity index (χ1n) is 27.9. The number of carbonyl (C=O) groups excluding carboxylic acids is 3. The summed E-state index contributed by atoms with van der Waals surface area (Å²) in [5, 5.41) is 31.4. The van der Waals surface area contributed by atoms with E-state index in [1.807, 2.05) is 12.2 Å². The second-order valence-electron chi connectivity index (χ2n) is 18.9. The quantitative estimate of drug-likeness (QED) is 0.0228. The SMILES string of the molecule is CC/C=C\C/C=C\C/C=C\C/C=C\C/C=C\C/C=C\CCC(=O)OCC(COC1OC(C(=O)O)C(O)C(O)C1OC(=O)CCCCCCCCCCCCCCC)OC(=O)CCCCCCCCCCC. The average Bonchev–Trinajstić information content (AvgIpc) is 3.35. The number of allylic oxidation sites excluding steroid dienone is 12. The van der Waals surface area contributed by atoms with Crippen molar-refractivity contribution in [1.29, 1.82) is 0 Å². The minimum atomic E-state index is -1.91. The smallest absolute Gasteiger partial charge is 0.335 e. The van der Waals surface area contributed by atoms with Crippen molar-refractivity contribution in [3.05, 3.63) is 72.9 Å². The van der Waals surface area contributed by atoms with Gasteiger partial charge in [0.05, 0.1) is 6.61 Å². The summed E-state index contributed by atoms with van der Waals surface area (Å²) < 4.78 is 28.2. The molecule has 3 N–H and O–H groups in total. The van der Waals surface area contributed by atoms with E-state index in [-0.39, 0.29) is 25.9 Å². The Balaban J connectivity index is 2.72. The summed E-state index contributed by atoms with van der Waals surface area (Å²) in [6.45, 7) is 5.77. The van der Waals surface area contributed by atoms with Gasteiger partial charge in [0, 0.05) is 19.3 Å². The standard InChI is InChI=1S/C59H98O12/c1-4-7-10-13-16-19-21-23-24-25-26-27-28-30-31-34-36-39-42-45-51(60)67-48-50(69-52(61)46-43-40-37-33-18-15-12-9-6-3)49-68-59-57(55(64)54(63)56(71-59)58(65)66)70-53(62)47-44-41-38-35-32-29-22-20-17-14-11-8-5-2/h7,10,16,19,23-24,26-27,30-31,36,39,50,54-57,59,63-64H,4-6,8-9,11-15,17-18,20-22,25,28-29,32-35,37-38,40-49H2,1-3H3,(H,65,66)/b10-7-,19-16-,24-23-,27-26-,31-30-,39-36-. The third kappa shape index (κ3) is 37.6. The van der Waals surface area contributed by atoms with Crippen molar-refractivity contribution in [2.45, 2.75) is 263 Å². The van der Waals surface area contributed by atoms with Gasteiger partial charge in [-0.05, 0) is 57.8 Å². The molecule has 71 heavy (non-hydrogen) atoms. The molecule has 0 aromatic carbocycles. The van der Waals surface area contributed by atoms with Gasteiger partial charge in [0.1, 0.15) is 18.8 Å². The van der Waals surface area contributed by atoms with E-state index in [1.54, 1.807) is 0 Å². The lowest BCUT2D eigenvalue weighted by Crippen LogP contribution is -2.61. The number of carboxylic acid groups (broad SMARTS) is 1. The molecule has 0 spiro atoms. The van der Waals surface area contributed by atoms with Crippen molar-refractivity contribution < 1.29 is 58.2 Å². The van der Waals surface area contributed by atoms with Crippen LogP contribution in [-0.4, -0.2) is 89.2 Å². The molecular formula is C59H98O12. The Labute approximate surface area is 429 Å². The van der Waals surface area contributed by atoms with Crippen molar-refractivity contribution in [2.24, 2.45) is 0 Å². The van der Waals surface area contributed by atoms with Crippen LogP contribution in [0.15, 0.2) is 72.9 Å². The van der Waals surface area contributed by atoms with Crippen LogP contribution >= 0.6 is 0 Å². The zero-order chi connectivity index (χ0) is 51.8. The van der Waals surface area contributed by atoms with Gasteiger partial charge < -0.3 is 39.0 Å². The molecule has 0 saturated carbocycles. The second kappa shape index (κ2) is 47.2. The third-order valence-electron chi connectivity index (χ3n) is 12.3. The Morgan fingerprint density at radius 2 is 0.887 bits per heavy atom. The zero-order valence-electron chi connectivity index (χ0n) is 44.4. The van der Waals surface area contributed by atoms with Crippen LogP contribution in [0.25, 0.3) is 0 Å². The summed E-state index contributed by atoms with van der Waals surface area (Å²) in [4.78, 5) is 50.8. The molecule has 0 amide bonds. The largest absolute Gasteiger partial charge is 0.479 e. The van der Waals surface area contributed by atoms with Crippen LogP contribution in [0, 0.1) is 0 Å². The third-order valence-corrected chi connectivity index (χ3v) is 12.3. The van der Waals surface area contributed by atoms with E-state index >= 15 is 0 Å². The van der Waals surface area contributed by atoms with E-state index in [2.05, 4.69) is 81.5 Å². The van der Waals surface area contributed by atoms with Crippen LogP contribution in [-0.2, 0) is 42.9 Å². The van der Waals surface area contributed by atoms with Crippen molar-refractivity contribution in [2.75, 3.05) is 13.2 Å². The summed E-state index contributed by atoms with van der Waals surface area (Å²) in [7, 11) is 0. The molecule has 406 valence electrons. The van der Waals surface area contributed by atoms with Gasteiger partial charge in [-0.3, -0.25) is 14.4 Å². The molecule has 0 aliphatic carbocycles. The topological polar surface area (TPSA) is 175 Å². The number of aliphatic hydroxyl groups is 2. The lowest BCUT2D eigenvalue weighted by molar-refractivity contribution is -0.301. The number of aliphatic hydroxyl groups excluding tert-OH is 2. The number of carbonyl (C=O) groups is 4. The maximum Gasteiger partial charge on any atom is 0.335 e. The highest BCUT2D eigenvalue weighted by atomic mass is 16.7. The molecule has 12 nitrogen and oxygen atoms in total. The van der Waals surface area contributed by atoms with Crippen LogP contribution in [0.2, 0.25) is 0 Å². The minimum absolute atomic E-state index is 0.0553. The number of unbranched alkanes of at least 4 members (excludes halogenated alkanes) is 20. The van der Waals surface area contributed by atoms with Crippen molar-refractivity contribution in [1.82, 2.24) is 0 Å². The summed E-state index contributed by atoms with van der Waals surface area (Å²) in [6, 6.07) is 0. The fourth-order valence-electron chi connectivity index (χ4n) is 8.04. The molecular weight excluding hydrogens is 901 g/mol. The number of hydrogen-bond acceptors (Lipinski definition) is 11. The number of hydrogen-bond donors (Lipinski definition) is 3. The van der Waals surface area contributed by atoms with Crippen LogP contribution < -0.4 is 0 Å². The van der Waals surface area contributed by atoms with Gasteiger partial charge in [-0.2, -0.15) is 0 Å². The normalized spacial score (nSPS) is 19.0. The van der Waals surface area contributed by atoms with Crippen LogP contribution in [0.4, 0.5) is 0 Å². The second-order valence-corrected chi connectivity index (χ2v) is 18.9. The van der Waals surface area contributed by atoms with Crippen molar-refractivity contribution in [3.63, 3.8) is 0 Å². The first-order chi connectivity index (χ1) is 34.6. The highest BCUT2D eigenvalue weighted by Crippen LogP contribution is 2.26. The Morgan fingerprint density at radius 3 is 1.32 bits per heavy atom. The molecule has 6 unspecified atom stereocenters. The van der Waals surface area contributed by atoms with Crippen molar-refractivity contribution >= 4 is 23.9 Å². The van der Waals surface area contributed by atoms with Gasteiger partial charge in [-0.25, -0.2) is 4.79 Å². The molecule has 1 aliphatic rings. The number of rotatable bonds is 46. The molecule has 1 heterocycles. The maximum atomic E-state index is 13.0. The lowest BCUT2D eigenvalue weighted by atomic mass is 9.98.